The molecule has 0 aliphatic rings. The van der Waals surface area contributed by atoms with E-state index in [0.717, 1.165) is 30.0 Å². The van der Waals surface area contributed by atoms with Gasteiger partial charge in [0.2, 0.25) is 5.91 Å². The fourth-order valence-electron chi connectivity index (χ4n) is 2.97. The summed E-state index contributed by atoms with van der Waals surface area (Å²) in [6.45, 7) is 6.45. The predicted octanol–water partition coefficient (Wildman–Crippen LogP) is 4.05. The molecule has 27 heavy (non-hydrogen) atoms. The van der Waals surface area contributed by atoms with E-state index in [2.05, 4.69) is 24.1 Å². The Hall–Kier alpha value is -2.66. The molecule has 0 aromatic heterocycles. The molecule has 0 saturated carbocycles. The molecule has 0 spiro atoms. The Morgan fingerprint density at radius 3 is 2.52 bits per heavy atom. The smallest absolute Gasteiger partial charge is 0.244 e. The van der Waals surface area contributed by atoms with Gasteiger partial charge in [0.05, 0.1) is 13.2 Å². The fourth-order valence-corrected chi connectivity index (χ4v) is 2.97. The summed E-state index contributed by atoms with van der Waals surface area (Å²) < 4.78 is 18.3. The minimum Gasteiger partial charge on any atom is -0.497 e. The number of rotatable bonds is 9. The zero-order valence-corrected chi connectivity index (χ0v) is 16.1. The summed E-state index contributed by atoms with van der Waals surface area (Å²) >= 11 is 0. The lowest BCUT2D eigenvalue weighted by Crippen LogP contribution is -2.37. The monoisotopic (exact) mass is 370 g/mol. The van der Waals surface area contributed by atoms with Crippen LogP contribution in [0.25, 0.3) is 6.08 Å². The van der Waals surface area contributed by atoms with Crippen LogP contribution in [0.5, 0.6) is 5.75 Å². The lowest BCUT2D eigenvalue weighted by Gasteiger charge is -2.30. The normalized spacial score (nSPS) is 12.3. The summed E-state index contributed by atoms with van der Waals surface area (Å²) in [6.07, 6.45) is 3.14. The number of methoxy groups -OCH3 is 1. The maximum Gasteiger partial charge on any atom is 0.244 e. The number of nitrogens with one attached hydrogen (secondary N) is 1. The first-order valence-electron chi connectivity index (χ1n) is 9.16. The van der Waals surface area contributed by atoms with Crippen molar-refractivity contribution >= 4 is 12.0 Å². The van der Waals surface area contributed by atoms with Crippen LogP contribution in [0.15, 0.2) is 54.6 Å². The van der Waals surface area contributed by atoms with Gasteiger partial charge in [-0.15, -0.1) is 0 Å². The number of hydrogen-bond acceptors (Lipinski definition) is 3. The molecule has 1 amide bonds. The largest absolute Gasteiger partial charge is 0.497 e. The third-order valence-electron chi connectivity index (χ3n) is 4.50. The lowest BCUT2D eigenvalue weighted by molar-refractivity contribution is -0.116. The molecule has 0 aliphatic carbocycles. The SMILES string of the molecule is CCN(CC)C(CNC(=O)/C=C/c1ccc(F)cc1)c1cccc(OC)c1. The molecule has 1 atom stereocenters. The van der Waals surface area contributed by atoms with Crippen LogP contribution < -0.4 is 10.1 Å². The fraction of sp³-hybridized carbons (Fsp3) is 0.318. The molecule has 2 aromatic rings. The molecule has 2 aromatic carbocycles. The van der Waals surface area contributed by atoms with Crippen LogP contribution in [0.3, 0.4) is 0 Å². The number of carbonyl (C=O) groups excluding carboxylic acids is 1. The Morgan fingerprint density at radius 1 is 1.19 bits per heavy atom. The minimum atomic E-state index is -0.294. The highest BCUT2D eigenvalue weighted by Gasteiger charge is 2.19. The first-order chi connectivity index (χ1) is 13.1. The van der Waals surface area contributed by atoms with E-state index in [-0.39, 0.29) is 17.8 Å². The average molecular weight is 370 g/mol. The molecule has 2 rings (SSSR count). The molecule has 4 nitrogen and oxygen atoms in total. The van der Waals surface area contributed by atoms with Crippen molar-refractivity contribution in [3.8, 4) is 5.75 Å². The van der Waals surface area contributed by atoms with E-state index < -0.39 is 0 Å². The second-order valence-electron chi connectivity index (χ2n) is 6.14. The molecular formula is C22H27FN2O2. The Kier molecular flexibility index (Phi) is 8.01. The van der Waals surface area contributed by atoms with Gasteiger partial charge in [0, 0.05) is 12.6 Å². The number of nitrogens with zero attached hydrogens (tertiary/aromatic N) is 1. The maximum absolute atomic E-state index is 12.9. The Morgan fingerprint density at radius 2 is 1.89 bits per heavy atom. The summed E-state index contributed by atoms with van der Waals surface area (Å²) in [5, 5.41) is 2.97. The van der Waals surface area contributed by atoms with Gasteiger partial charge in [-0.2, -0.15) is 0 Å². The van der Waals surface area contributed by atoms with Crippen molar-refractivity contribution in [2.45, 2.75) is 19.9 Å². The Bertz CT molecular complexity index is 755. The molecule has 1 unspecified atom stereocenters. The zero-order valence-electron chi connectivity index (χ0n) is 16.1. The van der Waals surface area contributed by atoms with Gasteiger partial charge in [-0.1, -0.05) is 38.1 Å². The highest BCUT2D eigenvalue weighted by atomic mass is 19.1. The van der Waals surface area contributed by atoms with Gasteiger partial charge >= 0.3 is 0 Å². The van der Waals surface area contributed by atoms with Crippen LogP contribution in [-0.2, 0) is 4.79 Å². The Labute approximate surface area is 160 Å². The second-order valence-corrected chi connectivity index (χ2v) is 6.14. The molecule has 0 bridgehead atoms. The maximum atomic E-state index is 12.9. The number of likely N-dealkylation sites (N-methyl/N-ethyl adjacent to an activating group) is 1. The highest BCUT2D eigenvalue weighted by molar-refractivity contribution is 5.91. The number of ether oxygens (including phenoxy) is 1. The minimum absolute atomic E-state index is 0.0540. The zero-order chi connectivity index (χ0) is 19.6. The molecule has 5 heteroatoms. The number of amides is 1. The summed E-state index contributed by atoms with van der Waals surface area (Å²) in [5.41, 5.74) is 1.88. The van der Waals surface area contributed by atoms with Crippen LogP contribution in [0.2, 0.25) is 0 Å². The highest BCUT2D eigenvalue weighted by Crippen LogP contribution is 2.23. The molecule has 0 heterocycles. The number of hydrogen-bond donors (Lipinski definition) is 1. The van der Waals surface area contributed by atoms with E-state index in [1.807, 2.05) is 24.3 Å². The summed E-state index contributed by atoms with van der Waals surface area (Å²) in [5.74, 6) is 0.323. The van der Waals surface area contributed by atoms with Crippen molar-refractivity contribution < 1.29 is 13.9 Å². The van der Waals surface area contributed by atoms with E-state index >= 15 is 0 Å². The van der Waals surface area contributed by atoms with E-state index in [1.165, 1.54) is 18.2 Å². The van der Waals surface area contributed by atoms with Crippen molar-refractivity contribution in [3.05, 3.63) is 71.6 Å². The van der Waals surface area contributed by atoms with Crippen LogP contribution in [0.4, 0.5) is 4.39 Å². The van der Waals surface area contributed by atoms with Crippen molar-refractivity contribution in [3.63, 3.8) is 0 Å². The van der Waals surface area contributed by atoms with Crippen LogP contribution >= 0.6 is 0 Å². The van der Waals surface area contributed by atoms with Gasteiger partial charge in [-0.05, 0) is 54.6 Å². The molecule has 0 saturated heterocycles. The first-order valence-corrected chi connectivity index (χ1v) is 9.16. The van der Waals surface area contributed by atoms with Crippen LogP contribution in [0.1, 0.15) is 31.0 Å². The van der Waals surface area contributed by atoms with Crippen LogP contribution in [-0.4, -0.2) is 37.6 Å². The van der Waals surface area contributed by atoms with E-state index in [9.17, 15) is 9.18 Å². The molecule has 0 fully saturated rings. The van der Waals surface area contributed by atoms with E-state index in [1.54, 1.807) is 25.3 Å². The third kappa shape index (κ3) is 6.22. The van der Waals surface area contributed by atoms with Crippen LogP contribution in [0, 0.1) is 5.82 Å². The lowest BCUT2D eigenvalue weighted by atomic mass is 10.0. The molecule has 0 radical (unpaired) electrons. The van der Waals surface area contributed by atoms with Gasteiger partial charge in [-0.25, -0.2) is 4.39 Å². The molecular weight excluding hydrogens is 343 g/mol. The van der Waals surface area contributed by atoms with Crippen molar-refractivity contribution in [1.82, 2.24) is 10.2 Å². The summed E-state index contributed by atoms with van der Waals surface area (Å²) in [6, 6.07) is 14.0. The van der Waals surface area contributed by atoms with E-state index in [0.29, 0.717) is 6.54 Å². The summed E-state index contributed by atoms with van der Waals surface area (Å²) in [7, 11) is 1.65. The number of carbonyl (C=O) groups is 1. The number of benzene rings is 2. The van der Waals surface area contributed by atoms with Crippen molar-refractivity contribution in [1.29, 1.82) is 0 Å². The van der Waals surface area contributed by atoms with Gasteiger partial charge in [0.1, 0.15) is 11.6 Å². The predicted molar refractivity (Wildman–Crippen MR) is 107 cm³/mol. The van der Waals surface area contributed by atoms with Gasteiger partial charge in [0.25, 0.3) is 0 Å². The number of halogens is 1. The van der Waals surface area contributed by atoms with Crippen molar-refractivity contribution in [2.24, 2.45) is 0 Å². The quantitative estimate of drug-likeness (QED) is 0.677. The topological polar surface area (TPSA) is 41.6 Å². The third-order valence-corrected chi connectivity index (χ3v) is 4.50. The van der Waals surface area contributed by atoms with Crippen molar-refractivity contribution in [2.75, 3.05) is 26.7 Å². The van der Waals surface area contributed by atoms with E-state index in [4.69, 9.17) is 4.74 Å². The van der Waals surface area contributed by atoms with Gasteiger partial charge in [-0.3, -0.25) is 9.69 Å². The average Bonchev–Trinajstić information content (AvgIpc) is 2.70. The first kappa shape index (κ1) is 20.6. The van der Waals surface area contributed by atoms with Gasteiger partial charge < -0.3 is 10.1 Å². The second kappa shape index (κ2) is 10.5. The molecule has 144 valence electrons. The summed E-state index contributed by atoms with van der Waals surface area (Å²) in [4.78, 5) is 14.5. The van der Waals surface area contributed by atoms with Gasteiger partial charge in [0.15, 0.2) is 0 Å². The Balaban J connectivity index is 2.06. The standard InChI is InChI=1S/C22H27FN2O2/c1-4-25(5-2)21(18-7-6-8-20(15-18)27-3)16-24-22(26)14-11-17-9-12-19(23)13-10-17/h6-15,21H,4-5,16H2,1-3H3,(H,24,26)/b14-11+. The molecule has 0 aliphatic heterocycles. The molecule has 1 N–H and O–H groups in total.